The predicted molar refractivity (Wildman–Crippen MR) is 116 cm³/mol. The van der Waals surface area contributed by atoms with Crippen LogP contribution < -0.4 is 22.1 Å². The molecule has 11 nitrogen and oxygen atoms in total. The zero-order valence-electron chi connectivity index (χ0n) is 17.2. The summed E-state index contributed by atoms with van der Waals surface area (Å²) in [6.07, 6.45) is 4.71. The third-order valence-electron chi connectivity index (χ3n) is 4.98. The van der Waals surface area contributed by atoms with Crippen molar-refractivity contribution in [1.29, 1.82) is 0 Å². The molecule has 31 heavy (non-hydrogen) atoms. The van der Waals surface area contributed by atoms with E-state index < -0.39 is 10.6 Å². The van der Waals surface area contributed by atoms with Gasteiger partial charge in [0.05, 0.1) is 10.6 Å². The lowest BCUT2D eigenvalue weighted by molar-refractivity contribution is -0.421. The topological polar surface area (TPSA) is 162 Å². The number of nitro groups is 1. The first-order valence-electron chi connectivity index (χ1n) is 9.68. The third-order valence-corrected chi connectivity index (χ3v) is 4.98. The molecule has 2 aromatic heterocycles. The Balaban J connectivity index is 1.55. The van der Waals surface area contributed by atoms with Crippen LogP contribution in [0.1, 0.15) is 17.5 Å². The number of dihydropyridines is 1. The summed E-state index contributed by atoms with van der Waals surface area (Å²) in [5, 5.41) is 21.2. The van der Waals surface area contributed by atoms with Gasteiger partial charge in [-0.05, 0) is 32.1 Å². The normalized spacial score (nSPS) is 18.3. The third kappa shape index (κ3) is 4.16. The number of anilines is 1. The van der Waals surface area contributed by atoms with E-state index in [9.17, 15) is 10.1 Å². The van der Waals surface area contributed by atoms with Gasteiger partial charge in [-0.2, -0.15) is 9.61 Å². The van der Waals surface area contributed by atoms with E-state index in [1.165, 1.54) is 18.5 Å². The molecule has 0 aliphatic carbocycles. The second-order valence-corrected chi connectivity index (χ2v) is 7.60. The molecule has 1 atom stereocenters. The minimum absolute atomic E-state index is 0.0661. The van der Waals surface area contributed by atoms with Gasteiger partial charge in [0.15, 0.2) is 11.5 Å². The molecule has 160 valence electrons. The van der Waals surface area contributed by atoms with Gasteiger partial charge >= 0.3 is 5.70 Å². The van der Waals surface area contributed by atoms with Gasteiger partial charge in [0.1, 0.15) is 12.0 Å². The molecule has 3 aromatic rings. The van der Waals surface area contributed by atoms with Crippen molar-refractivity contribution in [3.63, 3.8) is 0 Å². The van der Waals surface area contributed by atoms with Gasteiger partial charge in [0.2, 0.25) is 5.95 Å². The van der Waals surface area contributed by atoms with Crippen molar-refractivity contribution in [2.24, 2.45) is 11.5 Å². The molecule has 4 rings (SSSR count). The van der Waals surface area contributed by atoms with Crippen molar-refractivity contribution < 1.29 is 4.92 Å². The largest absolute Gasteiger partial charge is 0.380 e. The first-order chi connectivity index (χ1) is 14.7. The number of rotatable bonds is 6. The zero-order valence-corrected chi connectivity index (χ0v) is 17.2. The average molecular weight is 421 g/mol. The van der Waals surface area contributed by atoms with E-state index in [2.05, 4.69) is 38.9 Å². The van der Waals surface area contributed by atoms with Crippen molar-refractivity contribution >= 4 is 11.6 Å². The summed E-state index contributed by atoms with van der Waals surface area (Å²) in [7, 11) is 0. The number of benzene rings is 1. The molecule has 1 aliphatic heterocycles. The standard InChI is InChI=1S/C20H23N9O2/c1-12-7-13(2)9-14(8-12)15-10-17-24-11-25-28(17)19(26-15)23-6-5-20(22)4-3-16(29(30)31)18(21)27-20/h3-4,7-11,27H,5-6,21-22H2,1-2H3,(H,23,26). The number of nitrogens with zero attached hydrogens (tertiary/aromatic N) is 5. The Morgan fingerprint density at radius 3 is 2.68 bits per heavy atom. The SMILES string of the molecule is Cc1cc(C)cc(-c2cc3ncnn3c(NCCC3(N)C=CC([N+](=O)[O-])=C(N)N3)n2)c1. The van der Waals surface area contributed by atoms with Crippen LogP contribution in [0.3, 0.4) is 0 Å². The van der Waals surface area contributed by atoms with Crippen LogP contribution in [0.5, 0.6) is 0 Å². The summed E-state index contributed by atoms with van der Waals surface area (Å²) in [5.41, 5.74) is 15.5. The molecular formula is C20H23N9O2. The van der Waals surface area contributed by atoms with E-state index in [4.69, 9.17) is 16.5 Å². The summed E-state index contributed by atoms with van der Waals surface area (Å²) in [5.74, 6) is 0.450. The van der Waals surface area contributed by atoms with Crippen molar-refractivity contribution in [1.82, 2.24) is 24.9 Å². The maximum Gasteiger partial charge on any atom is 0.308 e. The number of nitrogens with one attached hydrogen (secondary N) is 2. The van der Waals surface area contributed by atoms with Crippen LogP contribution >= 0.6 is 0 Å². The lowest BCUT2D eigenvalue weighted by Gasteiger charge is -2.30. The van der Waals surface area contributed by atoms with Gasteiger partial charge in [-0.25, -0.2) is 9.97 Å². The number of fused-ring (bicyclic) bond motifs is 1. The Bertz CT molecular complexity index is 1210. The first kappa shape index (κ1) is 20.3. The van der Waals surface area contributed by atoms with Gasteiger partial charge < -0.3 is 22.1 Å². The molecule has 1 unspecified atom stereocenters. The van der Waals surface area contributed by atoms with Crippen LogP contribution in [0, 0.1) is 24.0 Å². The minimum atomic E-state index is -1.02. The van der Waals surface area contributed by atoms with Crippen LogP contribution in [-0.4, -0.2) is 36.7 Å². The van der Waals surface area contributed by atoms with Crippen LogP contribution in [-0.2, 0) is 0 Å². The van der Waals surface area contributed by atoms with Gasteiger partial charge in [-0.15, -0.1) is 0 Å². The van der Waals surface area contributed by atoms with E-state index in [0.717, 1.165) is 22.4 Å². The lowest BCUT2D eigenvalue weighted by atomic mass is 10.0. The maximum atomic E-state index is 11.0. The smallest absolute Gasteiger partial charge is 0.308 e. The summed E-state index contributed by atoms with van der Waals surface area (Å²) in [4.78, 5) is 19.4. The van der Waals surface area contributed by atoms with Crippen molar-refractivity contribution in [3.8, 4) is 11.3 Å². The van der Waals surface area contributed by atoms with Crippen LogP contribution in [0.2, 0.25) is 0 Å². The summed E-state index contributed by atoms with van der Waals surface area (Å²) < 4.78 is 1.61. The quantitative estimate of drug-likeness (QED) is 0.340. The second kappa shape index (κ2) is 7.69. The number of nitrogens with two attached hydrogens (primary N) is 2. The fourth-order valence-electron chi connectivity index (χ4n) is 3.57. The molecule has 0 spiro atoms. The van der Waals surface area contributed by atoms with E-state index in [1.54, 1.807) is 4.52 Å². The van der Waals surface area contributed by atoms with E-state index >= 15 is 0 Å². The molecule has 1 aliphatic rings. The predicted octanol–water partition coefficient (Wildman–Crippen LogP) is 1.43. The van der Waals surface area contributed by atoms with Gasteiger partial charge in [-0.1, -0.05) is 17.2 Å². The molecule has 0 saturated carbocycles. The summed E-state index contributed by atoms with van der Waals surface area (Å²) >= 11 is 0. The van der Waals surface area contributed by atoms with Crippen molar-refractivity contribution in [2.75, 3.05) is 11.9 Å². The molecule has 0 radical (unpaired) electrons. The number of aromatic nitrogens is 4. The molecule has 3 heterocycles. The fourth-order valence-corrected chi connectivity index (χ4v) is 3.57. The molecule has 0 bridgehead atoms. The fraction of sp³-hybridized carbons (Fsp3) is 0.250. The molecular weight excluding hydrogens is 398 g/mol. The Kier molecular flexibility index (Phi) is 5.03. The van der Waals surface area contributed by atoms with Crippen LogP contribution in [0.4, 0.5) is 5.95 Å². The van der Waals surface area contributed by atoms with E-state index in [0.29, 0.717) is 24.6 Å². The monoisotopic (exact) mass is 421 g/mol. The highest BCUT2D eigenvalue weighted by atomic mass is 16.6. The van der Waals surface area contributed by atoms with Gasteiger partial charge in [-0.3, -0.25) is 10.1 Å². The maximum absolute atomic E-state index is 11.0. The van der Waals surface area contributed by atoms with Crippen molar-refractivity contribution in [3.05, 3.63) is 75.5 Å². The number of aryl methyl sites for hydroxylation is 2. The van der Waals surface area contributed by atoms with E-state index in [-0.39, 0.29) is 11.5 Å². The Morgan fingerprint density at radius 2 is 2.00 bits per heavy atom. The highest BCUT2D eigenvalue weighted by molar-refractivity contribution is 5.67. The summed E-state index contributed by atoms with van der Waals surface area (Å²) in [6.45, 7) is 4.50. The average Bonchev–Trinajstić information content (AvgIpc) is 3.15. The first-order valence-corrected chi connectivity index (χ1v) is 9.68. The minimum Gasteiger partial charge on any atom is -0.380 e. The Labute approximate surface area is 178 Å². The molecule has 0 saturated heterocycles. The zero-order chi connectivity index (χ0) is 22.2. The summed E-state index contributed by atoms with van der Waals surface area (Å²) in [6, 6.07) is 8.13. The lowest BCUT2D eigenvalue weighted by Crippen LogP contribution is -2.55. The second-order valence-electron chi connectivity index (χ2n) is 7.60. The Hall–Kier alpha value is -3.99. The molecule has 11 heteroatoms. The highest BCUT2D eigenvalue weighted by Crippen LogP contribution is 2.24. The Morgan fingerprint density at radius 1 is 1.26 bits per heavy atom. The number of hydrogen-bond donors (Lipinski definition) is 4. The van der Waals surface area contributed by atoms with Gasteiger partial charge in [0, 0.05) is 30.7 Å². The molecule has 1 aromatic carbocycles. The van der Waals surface area contributed by atoms with Crippen molar-refractivity contribution in [2.45, 2.75) is 25.9 Å². The number of hydrogen-bond acceptors (Lipinski definition) is 9. The van der Waals surface area contributed by atoms with Gasteiger partial charge in [0.25, 0.3) is 0 Å². The highest BCUT2D eigenvalue weighted by Gasteiger charge is 2.30. The van der Waals surface area contributed by atoms with E-state index in [1.807, 2.05) is 19.9 Å². The van der Waals surface area contributed by atoms with Crippen LogP contribution in [0.25, 0.3) is 16.9 Å². The molecule has 0 fully saturated rings. The molecule has 0 amide bonds. The number of allylic oxidation sites excluding steroid dienone is 1. The molecule has 6 N–H and O–H groups in total. The van der Waals surface area contributed by atoms with Crippen LogP contribution in [0.15, 0.2) is 54.3 Å².